The molecule has 1 aliphatic rings. The molecule has 8 nitrogen and oxygen atoms in total. The molecule has 2 heterocycles. The summed E-state index contributed by atoms with van der Waals surface area (Å²) in [5.41, 5.74) is -0.570. The Morgan fingerprint density at radius 1 is 1.24 bits per heavy atom. The van der Waals surface area contributed by atoms with Crippen LogP contribution in [0.15, 0.2) is 35.4 Å². The van der Waals surface area contributed by atoms with Gasteiger partial charge < -0.3 is 4.90 Å². The van der Waals surface area contributed by atoms with Gasteiger partial charge in [0.1, 0.15) is 11.5 Å². The molecule has 1 aromatic heterocycles. The maximum atomic E-state index is 13.1. The predicted molar refractivity (Wildman–Crippen MR) is 86.7 cm³/mol. The van der Waals surface area contributed by atoms with Gasteiger partial charge in [0.05, 0.1) is 11.1 Å². The molecule has 1 fully saturated rings. The summed E-state index contributed by atoms with van der Waals surface area (Å²) < 4.78 is 40.2. The normalized spacial score (nSPS) is 18.3. The predicted octanol–water partition coefficient (Wildman–Crippen LogP) is 0.869. The number of piperazine rings is 1. The Morgan fingerprint density at radius 3 is 2.48 bits per heavy atom. The number of nitrogens with one attached hydrogen (secondary N) is 1. The average Bonchev–Trinajstić information content (AvgIpc) is 3.07. The number of hydrogen-bond donors (Lipinski definition) is 1. The Hall–Kier alpha value is -2.33. The standard InChI is InChI=1S/C15H18FN5O3S/c1-15(2)10-20(14(22)13-9-17-19-18-13)7-8-21(15)25(23,24)12-5-3-11(16)4-6-12/h3-6,9H,7-8,10H2,1-2H3,(H,17,18,19). The molecule has 0 bridgehead atoms. The molecule has 0 spiro atoms. The third-order valence-corrected chi connectivity index (χ3v) is 6.29. The number of benzene rings is 1. The van der Waals surface area contributed by atoms with Gasteiger partial charge in [-0.15, -0.1) is 5.10 Å². The first kappa shape index (κ1) is 17.5. The SMILES string of the molecule is CC1(C)CN(C(=O)c2cnn[nH]2)CCN1S(=O)(=O)c1ccc(F)cc1. The highest BCUT2D eigenvalue weighted by atomic mass is 32.2. The van der Waals surface area contributed by atoms with Crippen LogP contribution in [-0.2, 0) is 10.0 Å². The molecule has 134 valence electrons. The number of aromatic amines is 1. The monoisotopic (exact) mass is 367 g/mol. The first-order valence-electron chi connectivity index (χ1n) is 7.65. The zero-order valence-corrected chi connectivity index (χ0v) is 14.6. The minimum absolute atomic E-state index is 0.0273. The van der Waals surface area contributed by atoms with Gasteiger partial charge >= 0.3 is 0 Å². The lowest BCUT2D eigenvalue weighted by molar-refractivity contribution is 0.0489. The van der Waals surface area contributed by atoms with Gasteiger partial charge in [-0.05, 0) is 38.1 Å². The highest BCUT2D eigenvalue weighted by molar-refractivity contribution is 7.89. The Labute approximate surface area is 144 Å². The van der Waals surface area contributed by atoms with Crippen molar-refractivity contribution in [2.45, 2.75) is 24.3 Å². The van der Waals surface area contributed by atoms with E-state index in [0.717, 1.165) is 12.1 Å². The number of aromatic nitrogens is 3. The minimum Gasteiger partial charge on any atom is -0.334 e. The molecule has 0 unspecified atom stereocenters. The van der Waals surface area contributed by atoms with Gasteiger partial charge in [-0.25, -0.2) is 12.8 Å². The Morgan fingerprint density at radius 2 is 1.92 bits per heavy atom. The number of carbonyl (C=O) groups is 1. The second kappa shape index (κ2) is 6.19. The van der Waals surface area contributed by atoms with Crippen LogP contribution >= 0.6 is 0 Å². The smallest absolute Gasteiger partial charge is 0.273 e. The maximum absolute atomic E-state index is 13.1. The Bertz CT molecular complexity index is 865. The molecule has 25 heavy (non-hydrogen) atoms. The summed E-state index contributed by atoms with van der Waals surface area (Å²) in [5, 5.41) is 9.62. The van der Waals surface area contributed by atoms with Crippen LogP contribution in [0.5, 0.6) is 0 Å². The van der Waals surface area contributed by atoms with E-state index in [1.165, 1.54) is 22.6 Å². The van der Waals surface area contributed by atoms with Crippen LogP contribution in [0.4, 0.5) is 4.39 Å². The van der Waals surface area contributed by atoms with Crippen molar-refractivity contribution >= 4 is 15.9 Å². The molecule has 1 aromatic carbocycles. The van der Waals surface area contributed by atoms with Crippen molar-refractivity contribution in [3.63, 3.8) is 0 Å². The third kappa shape index (κ3) is 3.27. The van der Waals surface area contributed by atoms with E-state index in [2.05, 4.69) is 15.4 Å². The van der Waals surface area contributed by atoms with Crippen molar-refractivity contribution in [2.75, 3.05) is 19.6 Å². The summed E-state index contributed by atoms with van der Waals surface area (Å²) in [6.07, 6.45) is 1.33. The van der Waals surface area contributed by atoms with Crippen LogP contribution in [0.1, 0.15) is 24.3 Å². The van der Waals surface area contributed by atoms with Gasteiger partial charge in [0.25, 0.3) is 5.91 Å². The largest absolute Gasteiger partial charge is 0.334 e. The minimum atomic E-state index is -3.79. The lowest BCUT2D eigenvalue weighted by Gasteiger charge is -2.45. The third-order valence-electron chi connectivity index (χ3n) is 4.16. The summed E-state index contributed by atoms with van der Waals surface area (Å²) >= 11 is 0. The maximum Gasteiger partial charge on any atom is 0.273 e. The molecule has 3 rings (SSSR count). The first-order chi connectivity index (χ1) is 11.7. The van der Waals surface area contributed by atoms with E-state index in [1.807, 2.05) is 0 Å². The van der Waals surface area contributed by atoms with E-state index < -0.39 is 21.4 Å². The van der Waals surface area contributed by atoms with E-state index in [4.69, 9.17) is 0 Å². The second-order valence-corrected chi connectivity index (χ2v) is 8.30. The molecule has 1 saturated heterocycles. The fourth-order valence-corrected chi connectivity index (χ4v) is 4.73. The van der Waals surface area contributed by atoms with Gasteiger partial charge in [0.2, 0.25) is 10.0 Å². The molecular formula is C15H18FN5O3S. The molecule has 1 aliphatic heterocycles. The average molecular weight is 367 g/mol. The molecule has 2 aromatic rings. The van der Waals surface area contributed by atoms with E-state index >= 15 is 0 Å². The molecule has 0 aliphatic carbocycles. The molecule has 0 atom stereocenters. The van der Waals surface area contributed by atoms with Crippen LogP contribution < -0.4 is 0 Å². The van der Waals surface area contributed by atoms with Crippen LogP contribution in [0, 0.1) is 5.82 Å². The van der Waals surface area contributed by atoms with Gasteiger partial charge in [0.15, 0.2) is 0 Å². The second-order valence-electron chi connectivity index (χ2n) is 6.44. The topological polar surface area (TPSA) is 99.3 Å². The lowest BCUT2D eigenvalue weighted by Crippen LogP contribution is -2.61. The summed E-state index contributed by atoms with van der Waals surface area (Å²) in [6, 6.07) is 4.72. The Kier molecular flexibility index (Phi) is 4.33. The molecule has 10 heteroatoms. The molecule has 1 amide bonds. The van der Waals surface area contributed by atoms with Gasteiger partial charge in [-0.2, -0.15) is 4.31 Å². The van der Waals surface area contributed by atoms with Gasteiger partial charge in [0, 0.05) is 25.2 Å². The summed E-state index contributed by atoms with van der Waals surface area (Å²) in [7, 11) is -3.79. The number of amides is 1. The van der Waals surface area contributed by atoms with E-state index in [-0.39, 0.29) is 36.1 Å². The van der Waals surface area contributed by atoms with Crippen LogP contribution in [-0.4, -0.2) is 64.1 Å². The van der Waals surface area contributed by atoms with E-state index in [1.54, 1.807) is 18.7 Å². The van der Waals surface area contributed by atoms with Crippen LogP contribution in [0.3, 0.4) is 0 Å². The lowest BCUT2D eigenvalue weighted by atomic mass is 10.0. The number of hydrogen-bond acceptors (Lipinski definition) is 5. The van der Waals surface area contributed by atoms with E-state index in [0.29, 0.717) is 0 Å². The fourth-order valence-electron chi connectivity index (χ4n) is 2.96. The first-order valence-corrected chi connectivity index (χ1v) is 9.09. The summed E-state index contributed by atoms with van der Waals surface area (Å²) in [4.78, 5) is 14.0. The molecule has 1 N–H and O–H groups in total. The Balaban J connectivity index is 1.83. The van der Waals surface area contributed by atoms with Crippen LogP contribution in [0.2, 0.25) is 0 Å². The van der Waals surface area contributed by atoms with Crippen molar-refractivity contribution in [3.8, 4) is 0 Å². The van der Waals surface area contributed by atoms with Gasteiger partial charge in [-0.1, -0.05) is 5.21 Å². The van der Waals surface area contributed by atoms with Crippen molar-refractivity contribution in [1.82, 2.24) is 24.6 Å². The van der Waals surface area contributed by atoms with Crippen molar-refractivity contribution < 1.29 is 17.6 Å². The zero-order chi connectivity index (χ0) is 18.2. The quantitative estimate of drug-likeness (QED) is 0.868. The number of H-pyrrole nitrogens is 1. The number of halogens is 1. The van der Waals surface area contributed by atoms with E-state index in [9.17, 15) is 17.6 Å². The van der Waals surface area contributed by atoms with Crippen molar-refractivity contribution in [3.05, 3.63) is 42.0 Å². The number of sulfonamides is 1. The highest BCUT2D eigenvalue weighted by Gasteiger charge is 2.43. The zero-order valence-electron chi connectivity index (χ0n) is 13.8. The summed E-state index contributed by atoms with van der Waals surface area (Å²) in [6.45, 7) is 4.09. The molecule has 0 saturated carbocycles. The molecule has 0 radical (unpaired) electrons. The van der Waals surface area contributed by atoms with Gasteiger partial charge in [-0.3, -0.25) is 9.89 Å². The van der Waals surface area contributed by atoms with Crippen molar-refractivity contribution in [2.24, 2.45) is 0 Å². The van der Waals surface area contributed by atoms with Crippen molar-refractivity contribution in [1.29, 1.82) is 0 Å². The van der Waals surface area contributed by atoms with Crippen LogP contribution in [0.25, 0.3) is 0 Å². The summed E-state index contributed by atoms with van der Waals surface area (Å²) in [5.74, 6) is -0.779. The molecular weight excluding hydrogens is 349 g/mol. The number of nitrogens with zero attached hydrogens (tertiary/aromatic N) is 4. The number of rotatable bonds is 3. The fraction of sp³-hybridized carbons (Fsp3) is 0.400. The highest BCUT2D eigenvalue weighted by Crippen LogP contribution is 2.29. The number of carbonyl (C=O) groups excluding carboxylic acids is 1.